The van der Waals surface area contributed by atoms with Crippen molar-refractivity contribution in [2.24, 2.45) is 0 Å². The quantitative estimate of drug-likeness (QED) is 0.515. The first kappa shape index (κ1) is 12.2. The Balaban J connectivity index is 1.85. The molecule has 3 aromatic rings. The summed E-state index contributed by atoms with van der Waals surface area (Å²) in [5, 5.41) is 5.75. The summed E-state index contributed by atoms with van der Waals surface area (Å²) in [7, 11) is 0. The van der Waals surface area contributed by atoms with Gasteiger partial charge in [0.05, 0.1) is 17.1 Å². The first-order valence-corrected chi connectivity index (χ1v) is 7.29. The number of fused-ring (bicyclic) bond motifs is 4. The molecule has 0 spiro atoms. The van der Waals surface area contributed by atoms with Crippen molar-refractivity contribution in [1.29, 1.82) is 0 Å². The SMILES string of the molecule is O=c1c2c(cnn1-c1ccc3cccc-3o1)[nH]c1ccccc12. The highest BCUT2D eigenvalue weighted by Gasteiger charge is 2.14. The smallest absolute Gasteiger partial charge is 0.284 e. The second-order valence-corrected chi connectivity index (χ2v) is 5.44. The molecular weight excluding hydrogens is 290 g/mol. The van der Waals surface area contributed by atoms with Crippen molar-refractivity contribution in [3.63, 3.8) is 0 Å². The van der Waals surface area contributed by atoms with Crippen molar-refractivity contribution in [3.8, 4) is 17.2 Å². The molecule has 5 rings (SSSR count). The third-order valence-corrected chi connectivity index (χ3v) is 4.08. The second kappa shape index (κ2) is 4.33. The van der Waals surface area contributed by atoms with Crippen LogP contribution in [0.1, 0.15) is 0 Å². The fourth-order valence-corrected chi connectivity index (χ4v) is 2.99. The summed E-state index contributed by atoms with van der Waals surface area (Å²) in [6, 6.07) is 17.1. The normalized spacial score (nSPS) is 11.7. The fraction of sp³-hybridized carbons (Fsp3) is 0. The first-order valence-electron chi connectivity index (χ1n) is 7.29. The van der Waals surface area contributed by atoms with Crippen LogP contribution in [-0.2, 0) is 0 Å². The lowest BCUT2D eigenvalue weighted by molar-refractivity contribution is 0.512. The number of aromatic nitrogens is 3. The van der Waals surface area contributed by atoms with Gasteiger partial charge in [-0.2, -0.15) is 9.78 Å². The lowest BCUT2D eigenvalue weighted by atomic mass is 10.2. The fourth-order valence-electron chi connectivity index (χ4n) is 2.99. The summed E-state index contributed by atoms with van der Waals surface area (Å²) in [6.45, 7) is 0. The van der Waals surface area contributed by atoms with Crippen LogP contribution in [-0.4, -0.2) is 14.8 Å². The summed E-state index contributed by atoms with van der Waals surface area (Å²) in [5.74, 6) is 1.14. The molecule has 0 radical (unpaired) electrons. The minimum atomic E-state index is -0.199. The highest BCUT2D eigenvalue weighted by Crippen LogP contribution is 2.26. The van der Waals surface area contributed by atoms with Crippen LogP contribution < -0.4 is 5.56 Å². The zero-order valence-corrected chi connectivity index (χ0v) is 12.0. The summed E-state index contributed by atoms with van der Waals surface area (Å²) in [4.78, 5) is 16.1. The lowest BCUT2D eigenvalue weighted by Gasteiger charge is -2.06. The van der Waals surface area contributed by atoms with E-state index in [0.29, 0.717) is 11.3 Å². The van der Waals surface area contributed by atoms with Crippen LogP contribution in [0.2, 0.25) is 0 Å². The molecule has 0 unspecified atom stereocenters. The molecule has 110 valence electrons. The summed E-state index contributed by atoms with van der Waals surface area (Å²) >= 11 is 0. The van der Waals surface area contributed by atoms with E-state index in [1.807, 2.05) is 48.5 Å². The number of para-hydroxylation sites is 1. The van der Waals surface area contributed by atoms with Gasteiger partial charge in [-0.05, 0) is 18.2 Å². The topological polar surface area (TPSA) is 63.8 Å². The lowest BCUT2D eigenvalue weighted by Crippen LogP contribution is -2.20. The largest absolute Gasteiger partial charge is 0.438 e. The van der Waals surface area contributed by atoms with Gasteiger partial charge in [0.25, 0.3) is 5.56 Å². The molecule has 0 amide bonds. The van der Waals surface area contributed by atoms with Crippen LogP contribution in [0, 0.1) is 0 Å². The van der Waals surface area contributed by atoms with E-state index >= 15 is 0 Å². The van der Waals surface area contributed by atoms with Crippen molar-refractivity contribution in [3.05, 3.63) is 71.1 Å². The molecule has 2 aromatic heterocycles. The van der Waals surface area contributed by atoms with E-state index in [9.17, 15) is 4.79 Å². The standard InChI is InChI=1S/C18H11N3O2/c22-18-17-12-5-1-2-6-13(12)20-14(17)10-19-21(18)16-9-8-11-4-3-7-15(11)23-16/h1-10,20H. The van der Waals surface area contributed by atoms with Gasteiger partial charge in [-0.1, -0.05) is 30.3 Å². The Bertz CT molecular complexity index is 1200. The summed E-state index contributed by atoms with van der Waals surface area (Å²) in [5.41, 5.74) is 2.44. The van der Waals surface area contributed by atoms with Gasteiger partial charge in [0.1, 0.15) is 5.76 Å². The van der Waals surface area contributed by atoms with Gasteiger partial charge in [0, 0.05) is 22.5 Å². The van der Waals surface area contributed by atoms with Crippen molar-refractivity contribution < 1.29 is 4.42 Å². The van der Waals surface area contributed by atoms with Gasteiger partial charge >= 0.3 is 0 Å². The minimum absolute atomic E-state index is 0.199. The van der Waals surface area contributed by atoms with E-state index in [2.05, 4.69) is 10.1 Å². The average molecular weight is 301 g/mol. The van der Waals surface area contributed by atoms with Crippen LogP contribution >= 0.6 is 0 Å². The van der Waals surface area contributed by atoms with Gasteiger partial charge in [0.2, 0.25) is 5.88 Å². The van der Waals surface area contributed by atoms with Gasteiger partial charge in [-0.3, -0.25) is 4.79 Å². The third kappa shape index (κ3) is 1.67. The van der Waals surface area contributed by atoms with Gasteiger partial charge in [-0.15, -0.1) is 0 Å². The molecule has 0 saturated carbocycles. The number of nitrogens with zero attached hydrogens (tertiary/aromatic N) is 2. The Morgan fingerprint density at radius 1 is 0.957 bits per heavy atom. The van der Waals surface area contributed by atoms with E-state index in [4.69, 9.17) is 4.42 Å². The Labute approximate surface area is 130 Å². The van der Waals surface area contributed by atoms with Crippen molar-refractivity contribution >= 4 is 21.8 Å². The van der Waals surface area contributed by atoms with Crippen molar-refractivity contribution in [1.82, 2.24) is 14.8 Å². The summed E-state index contributed by atoms with van der Waals surface area (Å²) < 4.78 is 7.10. The number of aromatic amines is 1. The van der Waals surface area contributed by atoms with Crippen LogP contribution in [0.5, 0.6) is 0 Å². The number of benzene rings is 1. The zero-order chi connectivity index (χ0) is 15.4. The van der Waals surface area contributed by atoms with E-state index in [1.165, 1.54) is 4.68 Å². The van der Waals surface area contributed by atoms with Crippen LogP contribution in [0.3, 0.4) is 0 Å². The summed E-state index contributed by atoms with van der Waals surface area (Å²) in [6.07, 6.45) is 1.65. The third-order valence-electron chi connectivity index (χ3n) is 4.08. The molecule has 0 fully saturated rings. The molecule has 0 bridgehead atoms. The Kier molecular flexibility index (Phi) is 2.30. The van der Waals surface area contributed by atoms with Crippen LogP contribution in [0.25, 0.3) is 39.0 Å². The van der Waals surface area contributed by atoms with E-state index in [0.717, 1.165) is 27.7 Å². The highest BCUT2D eigenvalue weighted by molar-refractivity contribution is 6.06. The highest BCUT2D eigenvalue weighted by atomic mass is 16.4. The Hall–Kier alpha value is -3.34. The molecule has 23 heavy (non-hydrogen) atoms. The average Bonchev–Trinajstić information content (AvgIpc) is 3.18. The maximum atomic E-state index is 12.9. The second-order valence-electron chi connectivity index (χ2n) is 5.44. The number of hydrogen-bond donors (Lipinski definition) is 1. The molecule has 1 N–H and O–H groups in total. The van der Waals surface area contributed by atoms with Crippen molar-refractivity contribution in [2.45, 2.75) is 0 Å². The minimum Gasteiger partial charge on any atom is -0.438 e. The Morgan fingerprint density at radius 2 is 1.87 bits per heavy atom. The number of rotatable bonds is 1. The molecule has 1 aliphatic heterocycles. The maximum absolute atomic E-state index is 12.9. The molecule has 5 nitrogen and oxygen atoms in total. The van der Waals surface area contributed by atoms with Gasteiger partial charge < -0.3 is 9.40 Å². The molecule has 5 heteroatoms. The first-order chi connectivity index (χ1) is 11.3. The monoisotopic (exact) mass is 301 g/mol. The molecular formula is C18H11N3O2. The molecule has 2 aliphatic rings. The predicted octanol–water partition coefficient (Wildman–Crippen LogP) is 3.56. The van der Waals surface area contributed by atoms with Gasteiger partial charge in [0.15, 0.2) is 0 Å². The van der Waals surface area contributed by atoms with Crippen molar-refractivity contribution in [2.75, 3.05) is 0 Å². The number of hydrogen-bond acceptors (Lipinski definition) is 3. The van der Waals surface area contributed by atoms with Crippen LogP contribution in [0.15, 0.2) is 70.0 Å². The Morgan fingerprint density at radius 3 is 2.83 bits per heavy atom. The molecule has 0 atom stereocenters. The molecule has 1 aliphatic carbocycles. The predicted molar refractivity (Wildman–Crippen MR) is 88.1 cm³/mol. The van der Waals surface area contributed by atoms with E-state index < -0.39 is 0 Å². The maximum Gasteiger partial charge on any atom is 0.284 e. The van der Waals surface area contributed by atoms with Gasteiger partial charge in [-0.25, -0.2) is 0 Å². The molecule has 1 aromatic carbocycles. The molecule has 3 heterocycles. The number of H-pyrrole nitrogens is 1. The van der Waals surface area contributed by atoms with Crippen LogP contribution in [0.4, 0.5) is 0 Å². The number of nitrogens with one attached hydrogen (secondary N) is 1. The zero-order valence-electron chi connectivity index (χ0n) is 12.0. The van der Waals surface area contributed by atoms with E-state index in [1.54, 1.807) is 12.3 Å². The molecule has 0 saturated heterocycles. The van der Waals surface area contributed by atoms with E-state index in [-0.39, 0.29) is 5.56 Å².